The molecule has 0 bridgehead atoms. The topological polar surface area (TPSA) is 40.5 Å². The summed E-state index contributed by atoms with van der Waals surface area (Å²) >= 11 is 0. The molecule has 0 saturated carbocycles. The Morgan fingerprint density at radius 2 is 1.62 bits per heavy atom. The SMILES string of the molecule is CC(C)(C)C(O)C(O)Cc1ccc(F)cc1. The van der Waals surface area contributed by atoms with Gasteiger partial charge in [-0.1, -0.05) is 32.9 Å². The molecule has 1 rings (SSSR count). The van der Waals surface area contributed by atoms with E-state index < -0.39 is 12.2 Å². The second-order valence-corrected chi connectivity index (χ2v) is 5.21. The van der Waals surface area contributed by atoms with Crippen molar-refractivity contribution < 1.29 is 14.6 Å². The predicted octanol–water partition coefficient (Wildman–Crippen LogP) is 2.14. The Morgan fingerprint density at radius 1 is 1.12 bits per heavy atom. The highest BCUT2D eigenvalue weighted by Gasteiger charge is 2.28. The van der Waals surface area contributed by atoms with Crippen LogP contribution in [-0.4, -0.2) is 22.4 Å². The first kappa shape index (κ1) is 13.1. The number of benzene rings is 1. The van der Waals surface area contributed by atoms with Crippen LogP contribution in [0.25, 0.3) is 0 Å². The highest BCUT2D eigenvalue weighted by Crippen LogP contribution is 2.23. The summed E-state index contributed by atoms with van der Waals surface area (Å²) in [6, 6.07) is 5.94. The van der Waals surface area contributed by atoms with Gasteiger partial charge in [-0.15, -0.1) is 0 Å². The molecule has 0 radical (unpaired) electrons. The molecule has 3 heteroatoms. The van der Waals surface area contributed by atoms with Gasteiger partial charge >= 0.3 is 0 Å². The van der Waals surface area contributed by atoms with Gasteiger partial charge in [0.05, 0.1) is 12.2 Å². The van der Waals surface area contributed by atoms with Crippen LogP contribution >= 0.6 is 0 Å². The van der Waals surface area contributed by atoms with Crippen molar-refractivity contribution in [3.05, 3.63) is 35.6 Å². The summed E-state index contributed by atoms with van der Waals surface area (Å²) < 4.78 is 12.7. The second kappa shape index (κ2) is 4.93. The highest BCUT2D eigenvalue weighted by molar-refractivity contribution is 5.17. The van der Waals surface area contributed by atoms with Crippen molar-refractivity contribution in [1.29, 1.82) is 0 Å². The first-order valence-corrected chi connectivity index (χ1v) is 5.41. The van der Waals surface area contributed by atoms with Crippen molar-refractivity contribution >= 4 is 0 Å². The van der Waals surface area contributed by atoms with Gasteiger partial charge in [0.2, 0.25) is 0 Å². The van der Waals surface area contributed by atoms with E-state index in [9.17, 15) is 14.6 Å². The monoisotopic (exact) mass is 226 g/mol. The summed E-state index contributed by atoms with van der Waals surface area (Å²) in [5.41, 5.74) is 0.455. The maximum Gasteiger partial charge on any atom is 0.123 e. The van der Waals surface area contributed by atoms with Crippen LogP contribution in [0.4, 0.5) is 4.39 Å². The average molecular weight is 226 g/mol. The molecule has 0 fully saturated rings. The van der Waals surface area contributed by atoms with E-state index in [1.165, 1.54) is 12.1 Å². The van der Waals surface area contributed by atoms with E-state index in [0.717, 1.165) is 5.56 Å². The van der Waals surface area contributed by atoms with Crippen LogP contribution in [0.5, 0.6) is 0 Å². The number of rotatable bonds is 3. The van der Waals surface area contributed by atoms with E-state index in [-0.39, 0.29) is 11.2 Å². The summed E-state index contributed by atoms with van der Waals surface area (Å²) in [6.07, 6.45) is -1.29. The van der Waals surface area contributed by atoms with E-state index in [4.69, 9.17) is 0 Å². The minimum Gasteiger partial charge on any atom is -0.390 e. The third kappa shape index (κ3) is 3.58. The molecule has 1 aromatic carbocycles. The molecular weight excluding hydrogens is 207 g/mol. The zero-order valence-corrected chi connectivity index (χ0v) is 9.94. The lowest BCUT2D eigenvalue weighted by atomic mass is 9.84. The van der Waals surface area contributed by atoms with Gasteiger partial charge in [0.15, 0.2) is 0 Å². The predicted molar refractivity (Wildman–Crippen MR) is 61.6 cm³/mol. The maximum absolute atomic E-state index is 12.7. The molecule has 0 aliphatic carbocycles. The minimum atomic E-state index is -0.828. The van der Waals surface area contributed by atoms with E-state index in [1.54, 1.807) is 12.1 Å². The zero-order chi connectivity index (χ0) is 12.3. The van der Waals surface area contributed by atoms with Gasteiger partial charge in [-0.05, 0) is 23.1 Å². The summed E-state index contributed by atoms with van der Waals surface area (Å²) in [5, 5.41) is 19.7. The van der Waals surface area contributed by atoms with E-state index in [1.807, 2.05) is 20.8 Å². The van der Waals surface area contributed by atoms with Crippen LogP contribution < -0.4 is 0 Å². The molecular formula is C13H19FO2. The molecule has 2 nitrogen and oxygen atoms in total. The molecule has 0 amide bonds. The second-order valence-electron chi connectivity index (χ2n) is 5.21. The molecule has 2 atom stereocenters. The van der Waals surface area contributed by atoms with Crippen LogP contribution in [0, 0.1) is 11.2 Å². The lowest BCUT2D eigenvalue weighted by Gasteiger charge is -2.30. The van der Waals surface area contributed by atoms with Crippen molar-refractivity contribution in [3.8, 4) is 0 Å². The molecule has 2 unspecified atom stereocenters. The van der Waals surface area contributed by atoms with E-state index >= 15 is 0 Å². The standard InChI is InChI=1S/C13H19FO2/c1-13(2,3)12(16)11(15)8-9-4-6-10(14)7-5-9/h4-7,11-12,15-16H,8H2,1-3H3. The van der Waals surface area contributed by atoms with Crippen LogP contribution in [0.2, 0.25) is 0 Å². The number of halogens is 1. The van der Waals surface area contributed by atoms with Crippen molar-refractivity contribution in [2.75, 3.05) is 0 Å². The summed E-state index contributed by atoms with van der Waals surface area (Å²) in [5.74, 6) is -0.297. The first-order valence-electron chi connectivity index (χ1n) is 5.41. The lowest BCUT2D eigenvalue weighted by Crippen LogP contribution is -2.38. The fourth-order valence-electron chi connectivity index (χ4n) is 1.55. The third-order valence-electron chi connectivity index (χ3n) is 2.61. The number of aliphatic hydroxyl groups is 2. The van der Waals surface area contributed by atoms with Crippen molar-refractivity contribution in [3.63, 3.8) is 0 Å². The Kier molecular flexibility index (Phi) is 4.05. The maximum atomic E-state index is 12.7. The molecule has 0 aliphatic rings. The van der Waals surface area contributed by atoms with Gasteiger partial charge in [-0.3, -0.25) is 0 Å². The Balaban J connectivity index is 2.64. The van der Waals surface area contributed by atoms with Crippen molar-refractivity contribution in [2.24, 2.45) is 5.41 Å². The smallest absolute Gasteiger partial charge is 0.123 e. The fraction of sp³-hybridized carbons (Fsp3) is 0.538. The lowest BCUT2D eigenvalue weighted by molar-refractivity contribution is -0.0434. The number of aliphatic hydroxyl groups excluding tert-OH is 2. The van der Waals surface area contributed by atoms with Gasteiger partial charge in [0.1, 0.15) is 5.82 Å². The Bertz CT molecular complexity index is 327. The highest BCUT2D eigenvalue weighted by atomic mass is 19.1. The molecule has 0 heterocycles. The molecule has 0 aromatic heterocycles. The Hall–Kier alpha value is -0.930. The fourth-order valence-corrected chi connectivity index (χ4v) is 1.55. The van der Waals surface area contributed by atoms with Crippen LogP contribution in [-0.2, 0) is 6.42 Å². The normalized spacial score (nSPS) is 15.9. The van der Waals surface area contributed by atoms with Gasteiger partial charge in [-0.2, -0.15) is 0 Å². The number of hydrogen-bond donors (Lipinski definition) is 2. The van der Waals surface area contributed by atoms with Gasteiger partial charge in [-0.25, -0.2) is 4.39 Å². The molecule has 0 aliphatic heterocycles. The van der Waals surface area contributed by atoms with Crippen molar-refractivity contribution in [2.45, 2.75) is 39.4 Å². The third-order valence-corrected chi connectivity index (χ3v) is 2.61. The Labute approximate surface area is 95.7 Å². The van der Waals surface area contributed by atoms with Crippen LogP contribution in [0.3, 0.4) is 0 Å². The first-order chi connectivity index (χ1) is 7.30. The number of hydrogen-bond acceptors (Lipinski definition) is 2. The van der Waals surface area contributed by atoms with Crippen LogP contribution in [0.1, 0.15) is 26.3 Å². The van der Waals surface area contributed by atoms with Crippen molar-refractivity contribution in [1.82, 2.24) is 0 Å². The van der Waals surface area contributed by atoms with E-state index in [2.05, 4.69) is 0 Å². The Morgan fingerprint density at radius 3 is 2.06 bits per heavy atom. The summed E-state index contributed by atoms with van der Waals surface area (Å²) in [6.45, 7) is 5.60. The molecule has 0 saturated heterocycles. The average Bonchev–Trinajstić information content (AvgIpc) is 2.19. The minimum absolute atomic E-state index is 0.297. The molecule has 16 heavy (non-hydrogen) atoms. The quantitative estimate of drug-likeness (QED) is 0.829. The van der Waals surface area contributed by atoms with E-state index in [0.29, 0.717) is 6.42 Å². The van der Waals surface area contributed by atoms with Gasteiger partial charge < -0.3 is 10.2 Å². The zero-order valence-electron chi connectivity index (χ0n) is 9.94. The molecule has 0 spiro atoms. The molecule has 90 valence electrons. The largest absolute Gasteiger partial charge is 0.390 e. The molecule has 2 N–H and O–H groups in total. The summed E-state index contributed by atoms with van der Waals surface area (Å²) in [7, 11) is 0. The van der Waals surface area contributed by atoms with Gasteiger partial charge in [0.25, 0.3) is 0 Å². The summed E-state index contributed by atoms with van der Waals surface area (Å²) in [4.78, 5) is 0. The van der Waals surface area contributed by atoms with Crippen LogP contribution in [0.15, 0.2) is 24.3 Å². The molecule has 1 aromatic rings. The van der Waals surface area contributed by atoms with Gasteiger partial charge in [0, 0.05) is 6.42 Å².